The van der Waals surface area contributed by atoms with E-state index in [4.69, 9.17) is 21.9 Å². The number of halogens is 1. The predicted octanol–water partition coefficient (Wildman–Crippen LogP) is 3.16. The summed E-state index contributed by atoms with van der Waals surface area (Å²) in [7, 11) is 0. The minimum atomic E-state index is 0.150. The third kappa shape index (κ3) is 3.55. The highest BCUT2D eigenvalue weighted by atomic mass is 35.5. The molecule has 0 amide bonds. The van der Waals surface area contributed by atoms with Crippen LogP contribution < -0.4 is 5.73 Å². The largest absolute Gasteiger partial charge is 0.339 e. The molecule has 2 aromatic rings. The van der Waals surface area contributed by atoms with Gasteiger partial charge in [-0.3, -0.25) is 0 Å². The quantitative estimate of drug-likeness (QED) is 0.882. The molecular formula is C14H18ClN3O. The molecule has 102 valence electrons. The first-order valence-corrected chi connectivity index (χ1v) is 6.88. The van der Waals surface area contributed by atoms with Gasteiger partial charge in [0.05, 0.1) is 5.92 Å². The molecule has 1 heterocycles. The molecule has 0 saturated heterocycles. The van der Waals surface area contributed by atoms with E-state index in [2.05, 4.69) is 17.1 Å². The Morgan fingerprint density at radius 2 is 2.16 bits per heavy atom. The fraction of sp³-hybridized carbons (Fsp3) is 0.429. The van der Waals surface area contributed by atoms with Gasteiger partial charge >= 0.3 is 0 Å². The summed E-state index contributed by atoms with van der Waals surface area (Å²) < 4.78 is 5.30. The fourth-order valence-corrected chi connectivity index (χ4v) is 2.21. The summed E-state index contributed by atoms with van der Waals surface area (Å²) in [5, 5.41) is 4.72. The van der Waals surface area contributed by atoms with E-state index in [0.717, 1.165) is 23.4 Å². The number of rotatable bonds is 6. The Balaban J connectivity index is 2.11. The highest BCUT2D eigenvalue weighted by Gasteiger charge is 2.17. The second-order valence-corrected chi connectivity index (χ2v) is 4.95. The topological polar surface area (TPSA) is 64.9 Å². The van der Waals surface area contributed by atoms with Crippen LogP contribution >= 0.6 is 11.6 Å². The van der Waals surface area contributed by atoms with E-state index in [1.54, 1.807) is 0 Å². The molecule has 2 rings (SSSR count). The minimum absolute atomic E-state index is 0.150. The summed E-state index contributed by atoms with van der Waals surface area (Å²) in [6.07, 6.45) is 2.58. The lowest BCUT2D eigenvalue weighted by Gasteiger charge is -2.06. The molecule has 0 aliphatic rings. The Bertz CT molecular complexity index is 527. The summed E-state index contributed by atoms with van der Waals surface area (Å²) in [6.45, 7) is 2.64. The molecule has 0 aliphatic carbocycles. The molecule has 0 spiro atoms. The number of aromatic nitrogens is 2. The number of nitrogens with zero attached hydrogens (tertiary/aromatic N) is 2. The molecule has 1 atom stereocenters. The summed E-state index contributed by atoms with van der Waals surface area (Å²) in [6, 6.07) is 7.67. The molecule has 0 aliphatic heterocycles. The fourth-order valence-electron chi connectivity index (χ4n) is 2.01. The molecule has 5 heteroatoms. The van der Waals surface area contributed by atoms with Crippen molar-refractivity contribution in [1.82, 2.24) is 10.1 Å². The molecule has 19 heavy (non-hydrogen) atoms. The monoisotopic (exact) mass is 279 g/mol. The maximum atomic E-state index is 6.11. The first-order valence-electron chi connectivity index (χ1n) is 6.50. The van der Waals surface area contributed by atoms with Crippen molar-refractivity contribution in [3.05, 3.63) is 46.6 Å². The molecule has 0 bridgehead atoms. The van der Waals surface area contributed by atoms with Gasteiger partial charge in [-0.25, -0.2) is 0 Å². The van der Waals surface area contributed by atoms with Crippen LogP contribution in [0.15, 0.2) is 28.8 Å². The maximum Gasteiger partial charge on any atom is 0.231 e. The van der Waals surface area contributed by atoms with Gasteiger partial charge in [-0.2, -0.15) is 4.98 Å². The molecule has 1 aromatic heterocycles. The van der Waals surface area contributed by atoms with E-state index in [0.29, 0.717) is 24.7 Å². The molecular weight excluding hydrogens is 262 g/mol. The van der Waals surface area contributed by atoms with Gasteiger partial charge in [-0.05, 0) is 18.1 Å². The minimum Gasteiger partial charge on any atom is -0.339 e. The van der Waals surface area contributed by atoms with Crippen LogP contribution in [0, 0.1) is 0 Å². The van der Waals surface area contributed by atoms with Crippen LogP contribution in [0.5, 0.6) is 0 Å². The predicted molar refractivity (Wildman–Crippen MR) is 75.3 cm³/mol. The highest BCUT2D eigenvalue weighted by molar-refractivity contribution is 6.31. The van der Waals surface area contributed by atoms with Crippen molar-refractivity contribution in [3.8, 4) is 0 Å². The van der Waals surface area contributed by atoms with Crippen molar-refractivity contribution in [3.63, 3.8) is 0 Å². The Kier molecular flexibility index (Phi) is 4.93. The van der Waals surface area contributed by atoms with Gasteiger partial charge in [-0.15, -0.1) is 0 Å². The number of benzene rings is 1. The average molecular weight is 280 g/mol. The van der Waals surface area contributed by atoms with Crippen LogP contribution in [0.2, 0.25) is 5.02 Å². The zero-order chi connectivity index (χ0) is 13.7. The first kappa shape index (κ1) is 14.0. The van der Waals surface area contributed by atoms with Gasteiger partial charge in [0.2, 0.25) is 5.89 Å². The van der Waals surface area contributed by atoms with Crippen LogP contribution in [-0.2, 0) is 6.42 Å². The second kappa shape index (κ2) is 6.68. The smallest absolute Gasteiger partial charge is 0.231 e. The van der Waals surface area contributed by atoms with Crippen molar-refractivity contribution >= 4 is 11.6 Å². The molecule has 1 aromatic carbocycles. The number of hydrogen-bond donors (Lipinski definition) is 1. The lowest BCUT2D eigenvalue weighted by atomic mass is 10.0. The van der Waals surface area contributed by atoms with Crippen molar-refractivity contribution < 1.29 is 4.52 Å². The molecule has 0 fully saturated rings. The van der Waals surface area contributed by atoms with Crippen LogP contribution in [0.1, 0.15) is 43.0 Å². The molecule has 0 radical (unpaired) electrons. The molecule has 1 unspecified atom stereocenters. The third-order valence-electron chi connectivity index (χ3n) is 3.06. The molecule has 2 N–H and O–H groups in total. The van der Waals surface area contributed by atoms with Gasteiger partial charge < -0.3 is 10.3 Å². The van der Waals surface area contributed by atoms with Gasteiger partial charge in [-0.1, -0.05) is 48.3 Å². The van der Waals surface area contributed by atoms with E-state index in [1.807, 2.05) is 24.3 Å². The van der Waals surface area contributed by atoms with Crippen LogP contribution in [0.3, 0.4) is 0 Å². The summed E-state index contributed by atoms with van der Waals surface area (Å²) in [4.78, 5) is 4.42. The van der Waals surface area contributed by atoms with E-state index >= 15 is 0 Å². The molecule has 0 saturated carbocycles. The SMILES string of the molecule is CCCC(CN)c1nc(Cc2ccccc2Cl)no1. The van der Waals surface area contributed by atoms with Crippen LogP contribution in [-0.4, -0.2) is 16.7 Å². The van der Waals surface area contributed by atoms with E-state index in [-0.39, 0.29) is 5.92 Å². The summed E-state index contributed by atoms with van der Waals surface area (Å²) >= 11 is 6.11. The zero-order valence-corrected chi connectivity index (χ0v) is 11.7. The Hall–Kier alpha value is -1.39. The summed E-state index contributed by atoms with van der Waals surface area (Å²) in [5.74, 6) is 1.43. The van der Waals surface area contributed by atoms with Gasteiger partial charge in [0.25, 0.3) is 0 Å². The summed E-state index contributed by atoms with van der Waals surface area (Å²) in [5.41, 5.74) is 6.72. The standard InChI is InChI=1S/C14H18ClN3O/c1-2-5-11(9-16)14-17-13(18-19-14)8-10-6-3-4-7-12(10)15/h3-4,6-7,11H,2,5,8-9,16H2,1H3. The van der Waals surface area contributed by atoms with Crippen molar-refractivity contribution in [2.24, 2.45) is 5.73 Å². The Labute approximate surface area is 118 Å². The van der Waals surface area contributed by atoms with Crippen LogP contribution in [0.4, 0.5) is 0 Å². The van der Waals surface area contributed by atoms with Gasteiger partial charge in [0.15, 0.2) is 5.82 Å². The first-order chi connectivity index (χ1) is 9.24. The molecule has 4 nitrogen and oxygen atoms in total. The van der Waals surface area contributed by atoms with Crippen molar-refractivity contribution in [2.45, 2.75) is 32.1 Å². The van der Waals surface area contributed by atoms with E-state index < -0.39 is 0 Å². The zero-order valence-electron chi connectivity index (χ0n) is 11.0. The van der Waals surface area contributed by atoms with E-state index in [9.17, 15) is 0 Å². The van der Waals surface area contributed by atoms with Gasteiger partial charge in [0, 0.05) is 18.0 Å². The third-order valence-corrected chi connectivity index (χ3v) is 3.43. The Morgan fingerprint density at radius 1 is 1.37 bits per heavy atom. The van der Waals surface area contributed by atoms with Crippen LogP contribution in [0.25, 0.3) is 0 Å². The lowest BCUT2D eigenvalue weighted by molar-refractivity contribution is 0.344. The number of nitrogens with two attached hydrogens (primary N) is 1. The average Bonchev–Trinajstić information content (AvgIpc) is 2.87. The van der Waals surface area contributed by atoms with Crippen molar-refractivity contribution in [2.75, 3.05) is 6.54 Å². The number of hydrogen-bond acceptors (Lipinski definition) is 4. The van der Waals surface area contributed by atoms with Gasteiger partial charge in [0.1, 0.15) is 0 Å². The normalized spacial score (nSPS) is 12.6. The second-order valence-electron chi connectivity index (χ2n) is 4.54. The lowest BCUT2D eigenvalue weighted by Crippen LogP contribution is -2.12. The Morgan fingerprint density at radius 3 is 2.84 bits per heavy atom. The van der Waals surface area contributed by atoms with Crippen molar-refractivity contribution in [1.29, 1.82) is 0 Å². The highest BCUT2D eigenvalue weighted by Crippen LogP contribution is 2.21. The maximum absolute atomic E-state index is 6.11. The van der Waals surface area contributed by atoms with E-state index in [1.165, 1.54) is 0 Å².